The molecule has 0 radical (unpaired) electrons. The predicted octanol–water partition coefficient (Wildman–Crippen LogP) is 2.06. The second kappa shape index (κ2) is 7.98. The van der Waals surface area contributed by atoms with Crippen LogP contribution < -0.4 is 4.90 Å². The van der Waals surface area contributed by atoms with Gasteiger partial charge in [0, 0.05) is 44.8 Å². The van der Waals surface area contributed by atoms with Gasteiger partial charge in [0.1, 0.15) is 0 Å². The Morgan fingerprint density at radius 1 is 1.13 bits per heavy atom. The first-order valence-electron chi connectivity index (χ1n) is 11.1. The van der Waals surface area contributed by atoms with Gasteiger partial charge in [-0.25, -0.2) is 9.97 Å². The van der Waals surface area contributed by atoms with Gasteiger partial charge in [-0.2, -0.15) is 5.10 Å². The van der Waals surface area contributed by atoms with Crippen molar-refractivity contribution in [2.24, 2.45) is 11.8 Å². The fraction of sp³-hybridized carbons (Fsp3) is 0.636. The molecule has 0 spiro atoms. The Morgan fingerprint density at radius 3 is 2.60 bits per heavy atom. The molecule has 8 nitrogen and oxygen atoms in total. The monoisotopic (exact) mass is 410 g/mol. The van der Waals surface area contributed by atoms with Crippen molar-refractivity contribution in [3.8, 4) is 0 Å². The van der Waals surface area contributed by atoms with E-state index in [4.69, 9.17) is 0 Å². The zero-order valence-electron chi connectivity index (χ0n) is 17.5. The van der Waals surface area contributed by atoms with Gasteiger partial charge in [0.25, 0.3) is 5.91 Å². The molecule has 3 aliphatic rings. The highest BCUT2D eigenvalue weighted by molar-refractivity contribution is 5.95. The van der Waals surface area contributed by atoms with Crippen molar-refractivity contribution >= 4 is 11.9 Å². The Morgan fingerprint density at radius 2 is 1.90 bits per heavy atom. The van der Waals surface area contributed by atoms with Crippen LogP contribution in [-0.4, -0.2) is 67.9 Å². The Balaban J connectivity index is 1.28. The summed E-state index contributed by atoms with van der Waals surface area (Å²) in [7, 11) is 0. The zero-order chi connectivity index (χ0) is 20.7. The minimum Gasteiger partial charge on any atom is -0.391 e. The van der Waals surface area contributed by atoms with Crippen LogP contribution >= 0.6 is 0 Å². The number of anilines is 1. The molecule has 2 aliphatic heterocycles. The molecule has 30 heavy (non-hydrogen) atoms. The molecule has 3 fully saturated rings. The first-order valence-corrected chi connectivity index (χ1v) is 11.1. The number of fused-ring (bicyclic) bond motifs is 1. The first kappa shape index (κ1) is 19.5. The summed E-state index contributed by atoms with van der Waals surface area (Å²) < 4.78 is 1.86. The van der Waals surface area contributed by atoms with Crippen LogP contribution in [0.4, 0.5) is 5.95 Å². The van der Waals surface area contributed by atoms with Gasteiger partial charge in [-0.15, -0.1) is 0 Å². The Bertz CT molecular complexity index is 895. The third-order valence-electron chi connectivity index (χ3n) is 7.10. The molecule has 0 unspecified atom stereocenters. The third kappa shape index (κ3) is 3.57. The number of aliphatic hydroxyl groups excluding tert-OH is 1. The number of piperidine rings is 1. The van der Waals surface area contributed by atoms with E-state index in [1.807, 2.05) is 28.8 Å². The highest BCUT2D eigenvalue weighted by Gasteiger charge is 2.44. The number of likely N-dealkylation sites (tertiary alicyclic amines) is 1. The van der Waals surface area contributed by atoms with E-state index in [-0.39, 0.29) is 11.9 Å². The van der Waals surface area contributed by atoms with Gasteiger partial charge in [-0.1, -0.05) is 0 Å². The molecule has 2 saturated heterocycles. The number of nitrogens with zero attached hydrogens (tertiary/aromatic N) is 6. The average Bonchev–Trinajstić information content (AvgIpc) is 3.43. The topological polar surface area (TPSA) is 87.4 Å². The number of rotatable bonds is 3. The lowest BCUT2D eigenvalue weighted by Crippen LogP contribution is -2.36. The van der Waals surface area contributed by atoms with Gasteiger partial charge in [0.15, 0.2) is 0 Å². The van der Waals surface area contributed by atoms with Crippen molar-refractivity contribution in [1.29, 1.82) is 0 Å². The Labute approximate surface area is 176 Å². The smallest absolute Gasteiger partial charge is 0.257 e. The predicted molar refractivity (Wildman–Crippen MR) is 112 cm³/mol. The molecule has 8 heteroatoms. The summed E-state index contributed by atoms with van der Waals surface area (Å²) in [6.07, 6.45) is 10.1. The maximum absolute atomic E-state index is 13.2. The number of amides is 1. The molecule has 1 saturated carbocycles. The fourth-order valence-corrected chi connectivity index (χ4v) is 5.42. The van der Waals surface area contributed by atoms with Crippen molar-refractivity contribution in [2.45, 2.75) is 51.2 Å². The maximum atomic E-state index is 13.2. The van der Waals surface area contributed by atoms with Crippen molar-refractivity contribution in [3.05, 3.63) is 35.9 Å². The molecule has 4 heterocycles. The molecular weight excluding hydrogens is 380 g/mol. The summed E-state index contributed by atoms with van der Waals surface area (Å²) in [5.41, 5.74) is 1.35. The summed E-state index contributed by atoms with van der Waals surface area (Å²) in [5, 5.41) is 15.0. The normalized spacial score (nSPS) is 29.1. The average molecular weight is 411 g/mol. The van der Waals surface area contributed by atoms with Crippen molar-refractivity contribution < 1.29 is 9.90 Å². The van der Waals surface area contributed by atoms with E-state index in [0.29, 0.717) is 30.4 Å². The van der Waals surface area contributed by atoms with Gasteiger partial charge in [0.2, 0.25) is 5.95 Å². The molecular formula is C22H30N6O2. The van der Waals surface area contributed by atoms with Crippen LogP contribution in [0.25, 0.3) is 0 Å². The molecule has 2 aromatic heterocycles. The van der Waals surface area contributed by atoms with Crippen LogP contribution in [0.15, 0.2) is 24.7 Å². The van der Waals surface area contributed by atoms with Gasteiger partial charge in [0.05, 0.1) is 23.4 Å². The summed E-state index contributed by atoms with van der Waals surface area (Å²) in [6, 6.07) is 1.88. The van der Waals surface area contributed by atoms with E-state index in [9.17, 15) is 9.90 Å². The van der Waals surface area contributed by atoms with E-state index >= 15 is 0 Å². The molecule has 4 atom stereocenters. The molecule has 1 amide bonds. The molecule has 2 aromatic rings. The summed E-state index contributed by atoms with van der Waals surface area (Å²) in [4.78, 5) is 26.6. The molecule has 1 N–H and O–H groups in total. The number of carbonyl (C=O) groups excluding carboxylic acids is 1. The van der Waals surface area contributed by atoms with Crippen LogP contribution in [0.5, 0.6) is 0 Å². The van der Waals surface area contributed by atoms with Crippen LogP contribution in [0.1, 0.15) is 54.2 Å². The van der Waals surface area contributed by atoms with Gasteiger partial charge < -0.3 is 14.9 Å². The van der Waals surface area contributed by atoms with Crippen LogP contribution in [0.2, 0.25) is 0 Å². The van der Waals surface area contributed by atoms with Crippen LogP contribution in [-0.2, 0) is 0 Å². The summed E-state index contributed by atoms with van der Waals surface area (Å²) in [6.45, 7) is 5.30. The largest absolute Gasteiger partial charge is 0.391 e. The first-order chi connectivity index (χ1) is 14.6. The van der Waals surface area contributed by atoms with E-state index in [1.54, 1.807) is 12.4 Å². The van der Waals surface area contributed by atoms with Crippen LogP contribution in [0, 0.1) is 18.8 Å². The summed E-state index contributed by atoms with van der Waals surface area (Å²) in [5.74, 6) is 1.48. The second-order valence-corrected chi connectivity index (χ2v) is 9.04. The SMILES string of the molecule is Cc1nc(N2CCCCC2)ncc1C(=O)N1C[C@H]2C[C@@H](n3cccn3)[C@H](O)C[C@H]2C1. The standard InChI is InChI=1S/C22H30N6O2/c1-15-18(12-23-22(25-15)26-7-3-2-4-8-26)21(30)27-13-16-10-19(28-9-5-6-24-28)20(29)11-17(16)14-27/h5-6,9,12,16-17,19-20,29H,2-4,7-8,10-11,13-14H2,1H3/t16-,17+,19-,20-/m1/s1. The van der Waals surface area contributed by atoms with Gasteiger partial charge >= 0.3 is 0 Å². The minimum absolute atomic E-state index is 0.00908. The number of hydrogen-bond acceptors (Lipinski definition) is 6. The minimum atomic E-state index is -0.421. The van der Waals surface area contributed by atoms with Gasteiger partial charge in [-0.3, -0.25) is 9.48 Å². The molecule has 0 aromatic carbocycles. The van der Waals surface area contributed by atoms with E-state index < -0.39 is 6.10 Å². The van der Waals surface area contributed by atoms with Crippen LogP contribution in [0.3, 0.4) is 0 Å². The number of aryl methyl sites for hydroxylation is 1. The molecule has 0 bridgehead atoms. The number of aromatic nitrogens is 4. The molecule has 160 valence electrons. The second-order valence-electron chi connectivity index (χ2n) is 9.04. The van der Waals surface area contributed by atoms with E-state index in [2.05, 4.69) is 20.0 Å². The third-order valence-corrected chi connectivity index (χ3v) is 7.10. The molecule has 1 aliphatic carbocycles. The maximum Gasteiger partial charge on any atom is 0.257 e. The lowest BCUT2D eigenvalue weighted by Gasteiger charge is -2.35. The zero-order valence-corrected chi connectivity index (χ0v) is 17.5. The highest BCUT2D eigenvalue weighted by Crippen LogP contribution is 2.41. The number of carbonyl (C=O) groups is 1. The quantitative estimate of drug-likeness (QED) is 0.833. The van der Waals surface area contributed by atoms with Crippen molar-refractivity contribution in [3.63, 3.8) is 0 Å². The highest BCUT2D eigenvalue weighted by atomic mass is 16.3. The Kier molecular flexibility index (Phi) is 5.18. The lowest BCUT2D eigenvalue weighted by molar-refractivity contribution is 0.0306. The lowest BCUT2D eigenvalue weighted by atomic mass is 9.77. The summed E-state index contributed by atoms with van der Waals surface area (Å²) >= 11 is 0. The molecule has 5 rings (SSSR count). The van der Waals surface area contributed by atoms with E-state index in [1.165, 1.54) is 19.3 Å². The Hall–Kier alpha value is -2.48. The van der Waals surface area contributed by atoms with E-state index in [0.717, 1.165) is 37.7 Å². The number of aliphatic hydroxyl groups is 1. The van der Waals surface area contributed by atoms with Crippen molar-refractivity contribution in [2.75, 3.05) is 31.1 Å². The van der Waals surface area contributed by atoms with Gasteiger partial charge in [-0.05, 0) is 56.9 Å². The van der Waals surface area contributed by atoms with Crippen molar-refractivity contribution in [1.82, 2.24) is 24.6 Å². The fourth-order valence-electron chi connectivity index (χ4n) is 5.42. The number of hydrogen-bond donors (Lipinski definition) is 1.